The van der Waals surface area contributed by atoms with Crippen LogP contribution in [0.5, 0.6) is 0 Å². The summed E-state index contributed by atoms with van der Waals surface area (Å²) in [6.45, 7) is 3.97. The lowest BCUT2D eigenvalue weighted by molar-refractivity contribution is 0.181. The van der Waals surface area contributed by atoms with E-state index in [1.165, 1.54) is 18.4 Å². The van der Waals surface area contributed by atoms with E-state index >= 15 is 0 Å². The molecule has 0 radical (unpaired) electrons. The molecule has 0 aliphatic carbocycles. The van der Waals surface area contributed by atoms with Crippen LogP contribution in [0, 0.1) is 0 Å². The number of likely N-dealkylation sites (tertiary alicyclic amines) is 1. The van der Waals surface area contributed by atoms with E-state index < -0.39 is 0 Å². The molecule has 0 amide bonds. The van der Waals surface area contributed by atoms with Gasteiger partial charge in [-0.3, -0.25) is 9.88 Å². The zero-order valence-corrected chi connectivity index (χ0v) is 13.6. The monoisotopic (exact) mass is 323 g/mol. The Labute approximate surface area is 140 Å². The number of hydrogen-bond acceptors (Lipinski definition) is 6. The number of hydrogen-bond donors (Lipinski definition) is 1. The molecule has 124 valence electrons. The van der Waals surface area contributed by atoms with Gasteiger partial charge in [-0.05, 0) is 59.5 Å². The van der Waals surface area contributed by atoms with Crippen molar-refractivity contribution in [3.05, 3.63) is 53.9 Å². The van der Waals surface area contributed by atoms with Crippen molar-refractivity contribution in [2.24, 2.45) is 0 Å². The minimum absolute atomic E-state index is 0.508. The number of fused-ring (bicyclic) bond motifs is 1. The molecule has 0 spiro atoms. The largest absolute Gasteiger partial charge is 0.309 e. The van der Waals surface area contributed by atoms with Crippen molar-refractivity contribution in [2.45, 2.75) is 32.0 Å². The van der Waals surface area contributed by atoms with Gasteiger partial charge in [-0.15, -0.1) is 0 Å². The topological polar surface area (TPSA) is 67.1 Å². The highest BCUT2D eigenvalue weighted by Crippen LogP contribution is 2.15. The number of pyridine rings is 1. The second-order valence-electron chi connectivity index (χ2n) is 6.36. The summed E-state index contributed by atoms with van der Waals surface area (Å²) in [7, 11) is 0. The molecule has 4 rings (SSSR count). The third-order valence-electron chi connectivity index (χ3n) is 4.53. The van der Waals surface area contributed by atoms with Crippen molar-refractivity contribution in [1.29, 1.82) is 0 Å². The maximum atomic E-state index is 4.75. The molecule has 6 heteroatoms. The number of piperidine rings is 1. The van der Waals surface area contributed by atoms with Crippen LogP contribution in [0.3, 0.4) is 0 Å². The second-order valence-corrected chi connectivity index (χ2v) is 6.36. The number of aromatic nitrogens is 3. The molecule has 3 aromatic rings. The Morgan fingerprint density at radius 3 is 3.04 bits per heavy atom. The Kier molecular flexibility index (Phi) is 4.49. The van der Waals surface area contributed by atoms with E-state index in [-0.39, 0.29) is 0 Å². The van der Waals surface area contributed by atoms with E-state index in [0.29, 0.717) is 6.04 Å². The Balaban J connectivity index is 1.32. The smallest absolute Gasteiger partial charge is 0.135 e. The van der Waals surface area contributed by atoms with Crippen LogP contribution < -0.4 is 5.32 Å². The maximum Gasteiger partial charge on any atom is 0.135 e. The van der Waals surface area contributed by atoms with Crippen molar-refractivity contribution in [3.8, 4) is 0 Å². The molecule has 2 aromatic heterocycles. The molecule has 1 fully saturated rings. The molecule has 24 heavy (non-hydrogen) atoms. The Bertz CT molecular complexity index is 788. The van der Waals surface area contributed by atoms with Gasteiger partial charge in [0.25, 0.3) is 0 Å². The SMILES string of the molecule is c1ccc(CN2CCC[C@H](NCc3ccc4nonc4c3)C2)nc1. The second kappa shape index (κ2) is 7.07. The summed E-state index contributed by atoms with van der Waals surface area (Å²) in [6, 6.07) is 12.7. The Morgan fingerprint density at radius 2 is 2.12 bits per heavy atom. The lowest BCUT2D eigenvalue weighted by Gasteiger charge is -2.33. The van der Waals surface area contributed by atoms with E-state index in [1.807, 2.05) is 24.4 Å². The van der Waals surface area contributed by atoms with Gasteiger partial charge in [0.2, 0.25) is 0 Å². The number of benzene rings is 1. The van der Waals surface area contributed by atoms with Crippen LogP contribution in [-0.2, 0) is 13.1 Å². The van der Waals surface area contributed by atoms with Crippen molar-refractivity contribution in [2.75, 3.05) is 13.1 Å². The van der Waals surface area contributed by atoms with Crippen LogP contribution in [0.2, 0.25) is 0 Å². The molecule has 1 aliphatic rings. The molecule has 6 nitrogen and oxygen atoms in total. The van der Waals surface area contributed by atoms with Gasteiger partial charge in [-0.1, -0.05) is 12.1 Å². The zero-order valence-electron chi connectivity index (χ0n) is 13.6. The first-order chi connectivity index (χ1) is 11.9. The number of nitrogens with one attached hydrogen (secondary N) is 1. The Hall–Kier alpha value is -2.31. The summed E-state index contributed by atoms with van der Waals surface area (Å²) in [5, 5.41) is 11.4. The predicted octanol–water partition coefficient (Wildman–Crippen LogP) is 2.37. The highest BCUT2D eigenvalue weighted by molar-refractivity contribution is 5.73. The molecule has 1 atom stereocenters. The van der Waals surface area contributed by atoms with Crippen LogP contribution in [0.4, 0.5) is 0 Å². The molecule has 0 saturated carbocycles. The molecule has 0 unspecified atom stereocenters. The average molecular weight is 323 g/mol. The first-order valence-corrected chi connectivity index (χ1v) is 8.44. The van der Waals surface area contributed by atoms with Crippen molar-refractivity contribution < 1.29 is 4.63 Å². The summed E-state index contributed by atoms with van der Waals surface area (Å²) in [5.41, 5.74) is 3.97. The highest BCUT2D eigenvalue weighted by Gasteiger charge is 2.19. The minimum atomic E-state index is 0.508. The Morgan fingerprint density at radius 1 is 1.17 bits per heavy atom. The molecule has 1 aliphatic heterocycles. The summed E-state index contributed by atoms with van der Waals surface area (Å²) in [5.74, 6) is 0. The van der Waals surface area contributed by atoms with Gasteiger partial charge in [-0.2, -0.15) is 0 Å². The summed E-state index contributed by atoms with van der Waals surface area (Å²) < 4.78 is 4.75. The van der Waals surface area contributed by atoms with E-state index in [2.05, 4.69) is 43.7 Å². The van der Waals surface area contributed by atoms with Crippen LogP contribution in [0.1, 0.15) is 24.1 Å². The van der Waals surface area contributed by atoms with Gasteiger partial charge in [-0.25, -0.2) is 4.63 Å². The van der Waals surface area contributed by atoms with Gasteiger partial charge < -0.3 is 5.32 Å². The van der Waals surface area contributed by atoms with Gasteiger partial charge in [0.15, 0.2) is 0 Å². The normalized spacial score (nSPS) is 18.9. The predicted molar refractivity (Wildman–Crippen MR) is 91.2 cm³/mol. The van der Waals surface area contributed by atoms with Crippen LogP contribution in [-0.4, -0.2) is 39.3 Å². The van der Waals surface area contributed by atoms with Gasteiger partial charge >= 0.3 is 0 Å². The quantitative estimate of drug-likeness (QED) is 0.777. The average Bonchev–Trinajstić information content (AvgIpc) is 3.09. The van der Waals surface area contributed by atoms with Crippen LogP contribution >= 0.6 is 0 Å². The van der Waals surface area contributed by atoms with Crippen molar-refractivity contribution >= 4 is 11.0 Å². The number of rotatable bonds is 5. The fraction of sp³-hybridized carbons (Fsp3) is 0.389. The zero-order chi connectivity index (χ0) is 16.2. The molecule has 1 aromatic carbocycles. The van der Waals surface area contributed by atoms with Crippen molar-refractivity contribution in [1.82, 2.24) is 25.5 Å². The fourth-order valence-electron chi connectivity index (χ4n) is 3.29. The fourth-order valence-corrected chi connectivity index (χ4v) is 3.29. The lowest BCUT2D eigenvalue weighted by Crippen LogP contribution is -2.45. The lowest BCUT2D eigenvalue weighted by atomic mass is 10.0. The van der Waals surface area contributed by atoms with E-state index in [1.54, 1.807) is 0 Å². The molecule has 1 N–H and O–H groups in total. The first kappa shape index (κ1) is 15.2. The molecule has 1 saturated heterocycles. The van der Waals surface area contributed by atoms with Crippen LogP contribution in [0.15, 0.2) is 47.2 Å². The third kappa shape index (κ3) is 3.60. The summed E-state index contributed by atoms with van der Waals surface area (Å²) >= 11 is 0. The third-order valence-corrected chi connectivity index (χ3v) is 4.53. The van der Waals surface area contributed by atoms with E-state index in [0.717, 1.165) is 42.9 Å². The standard InChI is InChI=1S/C18H21N5O/c1-2-8-19-15(4-1)12-23-9-3-5-16(13-23)20-11-14-6-7-17-18(10-14)22-24-21-17/h1-2,4,6-8,10,16,20H,3,5,9,11-13H2/t16-/m0/s1. The van der Waals surface area contributed by atoms with Crippen LogP contribution in [0.25, 0.3) is 11.0 Å². The minimum Gasteiger partial charge on any atom is -0.309 e. The molecule has 3 heterocycles. The highest BCUT2D eigenvalue weighted by atomic mass is 16.6. The van der Waals surface area contributed by atoms with Gasteiger partial charge in [0.05, 0.1) is 5.69 Å². The van der Waals surface area contributed by atoms with E-state index in [4.69, 9.17) is 4.63 Å². The van der Waals surface area contributed by atoms with Gasteiger partial charge in [0.1, 0.15) is 11.0 Å². The molecular formula is C18H21N5O. The van der Waals surface area contributed by atoms with Gasteiger partial charge in [0, 0.05) is 31.9 Å². The number of nitrogens with zero attached hydrogens (tertiary/aromatic N) is 4. The maximum absolute atomic E-state index is 4.75. The first-order valence-electron chi connectivity index (χ1n) is 8.44. The van der Waals surface area contributed by atoms with E-state index in [9.17, 15) is 0 Å². The molecular weight excluding hydrogens is 302 g/mol. The van der Waals surface area contributed by atoms with Crippen molar-refractivity contribution in [3.63, 3.8) is 0 Å². The summed E-state index contributed by atoms with van der Waals surface area (Å²) in [4.78, 5) is 6.91. The summed E-state index contributed by atoms with van der Waals surface area (Å²) in [6.07, 6.45) is 4.30. The molecule has 0 bridgehead atoms.